The lowest BCUT2D eigenvalue weighted by Gasteiger charge is -2.08. The number of carbonyl (C=O) groups is 2. The van der Waals surface area contributed by atoms with Crippen molar-refractivity contribution in [1.82, 2.24) is 0 Å². The Morgan fingerprint density at radius 1 is 0.542 bits per heavy atom. The average molecular weight is 649 g/mol. The molecule has 0 N–H and O–H groups in total. The molecule has 0 saturated carbocycles. The maximum Gasteiger partial charge on any atom is 0.343 e. The summed E-state index contributed by atoms with van der Waals surface area (Å²) in [5, 5.41) is 8.53. The molecule has 3 aromatic carbocycles. The fraction of sp³-hybridized carbons (Fsp3) is 0.429. The van der Waals surface area contributed by atoms with E-state index in [9.17, 15) is 9.59 Å². The Morgan fingerprint density at radius 3 is 1.46 bits per heavy atom. The molecule has 0 saturated heterocycles. The van der Waals surface area contributed by atoms with Gasteiger partial charge in [-0.05, 0) is 72.6 Å². The Morgan fingerprint density at radius 2 is 0.979 bits per heavy atom. The van der Waals surface area contributed by atoms with Crippen molar-refractivity contribution in [2.24, 2.45) is 10.2 Å². The van der Waals surface area contributed by atoms with Crippen LogP contribution in [0.15, 0.2) is 107 Å². The number of allylic oxidation sites excluding steroid dienone is 4. The summed E-state index contributed by atoms with van der Waals surface area (Å²) in [6.45, 7) is 2.27. The average Bonchev–Trinajstić information content (AvgIpc) is 3.66. The van der Waals surface area contributed by atoms with E-state index in [0.717, 1.165) is 18.4 Å². The van der Waals surface area contributed by atoms with Gasteiger partial charge in [-0.25, -0.2) is 4.79 Å². The first kappa shape index (κ1) is 36.5. The van der Waals surface area contributed by atoms with E-state index in [1.165, 1.54) is 83.5 Å². The Hall–Kier alpha value is -4.32. The number of nitrogens with zero attached hydrogens (tertiary/aromatic N) is 2. The van der Waals surface area contributed by atoms with Crippen LogP contribution in [0.3, 0.4) is 0 Å². The van der Waals surface area contributed by atoms with E-state index in [4.69, 9.17) is 9.47 Å². The smallest absolute Gasteiger partial charge is 0.343 e. The second-order valence-electron chi connectivity index (χ2n) is 12.7. The number of hydrogen-bond donors (Lipinski definition) is 0. The normalized spacial score (nSPS) is 12.6. The second-order valence-corrected chi connectivity index (χ2v) is 12.7. The monoisotopic (exact) mass is 648 g/mol. The van der Waals surface area contributed by atoms with Crippen molar-refractivity contribution in [2.75, 3.05) is 0 Å². The fourth-order valence-corrected chi connectivity index (χ4v) is 5.76. The molecule has 0 aromatic heterocycles. The van der Waals surface area contributed by atoms with Crippen molar-refractivity contribution in [1.29, 1.82) is 0 Å². The van der Waals surface area contributed by atoms with Crippen molar-refractivity contribution < 1.29 is 19.1 Å². The van der Waals surface area contributed by atoms with Crippen molar-refractivity contribution in [2.45, 2.75) is 116 Å². The molecule has 4 rings (SSSR count). The summed E-state index contributed by atoms with van der Waals surface area (Å²) in [5.74, 6) is 0.582. The van der Waals surface area contributed by atoms with Crippen LogP contribution in [0, 0.1) is 0 Å². The Kier molecular flexibility index (Phi) is 16.4. The molecule has 0 unspecified atom stereocenters. The number of rotatable bonds is 22. The number of ether oxygens (including phenoxy) is 2. The van der Waals surface area contributed by atoms with Crippen molar-refractivity contribution in [3.8, 4) is 11.5 Å². The molecule has 0 amide bonds. The first-order chi connectivity index (χ1) is 23.6. The number of hydrogen-bond acceptors (Lipinski definition) is 6. The van der Waals surface area contributed by atoms with E-state index < -0.39 is 5.97 Å². The van der Waals surface area contributed by atoms with Crippen LogP contribution in [0.2, 0.25) is 0 Å². The second kappa shape index (κ2) is 21.5. The van der Waals surface area contributed by atoms with Crippen LogP contribution in [0.25, 0.3) is 0 Å². The Labute approximate surface area is 287 Å². The third-order valence-electron chi connectivity index (χ3n) is 8.66. The first-order valence-electron chi connectivity index (χ1n) is 18.1. The van der Waals surface area contributed by atoms with Gasteiger partial charge in [0.1, 0.15) is 11.5 Å². The molecule has 1 aliphatic carbocycles. The fourth-order valence-electron chi connectivity index (χ4n) is 5.76. The Bertz CT molecular complexity index is 1440. The molecule has 0 atom stereocenters. The third-order valence-corrected chi connectivity index (χ3v) is 8.66. The van der Waals surface area contributed by atoms with Gasteiger partial charge in [0.2, 0.25) is 0 Å². The van der Waals surface area contributed by atoms with Crippen LogP contribution < -0.4 is 9.47 Å². The maximum absolute atomic E-state index is 12.6. The zero-order valence-corrected chi connectivity index (χ0v) is 28.7. The quantitative estimate of drug-likeness (QED) is 0.0470. The molecule has 0 heterocycles. The van der Waals surface area contributed by atoms with Gasteiger partial charge in [-0.2, -0.15) is 10.2 Å². The van der Waals surface area contributed by atoms with Crippen molar-refractivity contribution in [3.05, 3.63) is 108 Å². The number of carbonyl (C=O) groups excluding carboxylic acids is 2. The zero-order chi connectivity index (χ0) is 33.7. The minimum atomic E-state index is -0.413. The van der Waals surface area contributed by atoms with Crippen LogP contribution in [-0.2, 0) is 4.79 Å². The number of unbranched alkanes of at least 4 members (excludes halogenated alkanes) is 14. The van der Waals surface area contributed by atoms with E-state index in [1.807, 2.05) is 24.3 Å². The Balaban J connectivity index is 1.05. The van der Waals surface area contributed by atoms with Gasteiger partial charge in [0, 0.05) is 12.3 Å². The predicted molar refractivity (Wildman–Crippen MR) is 195 cm³/mol. The highest BCUT2D eigenvalue weighted by atomic mass is 16.5. The SMILES string of the molecule is CCCCCCCCCCCCCCCCCC(=O)Oc1ccc(N=Nc2ccc(OC(=O)c3ccc(C4C=CC=C4)cc3)cc2)cc1. The van der Waals surface area contributed by atoms with Crippen LogP contribution in [-0.4, -0.2) is 11.9 Å². The van der Waals surface area contributed by atoms with E-state index in [1.54, 1.807) is 60.7 Å². The highest BCUT2D eigenvalue weighted by molar-refractivity contribution is 5.91. The largest absolute Gasteiger partial charge is 0.427 e. The molecular formula is C42H52N2O4. The van der Waals surface area contributed by atoms with Gasteiger partial charge in [0.15, 0.2) is 0 Å². The third kappa shape index (κ3) is 13.8. The van der Waals surface area contributed by atoms with E-state index >= 15 is 0 Å². The van der Waals surface area contributed by atoms with Crippen LogP contribution in [0.4, 0.5) is 11.4 Å². The molecule has 0 bridgehead atoms. The molecule has 48 heavy (non-hydrogen) atoms. The molecular weight excluding hydrogens is 596 g/mol. The lowest BCUT2D eigenvalue weighted by Crippen LogP contribution is -2.08. The van der Waals surface area contributed by atoms with Gasteiger partial charge < -0.3 is 9.47 Å². The molecule has 0 aliphatic heterocycles. The first-order valence-corrected chi connectivity index (χ1v) is 18.1. The summed E-state index contributed by atoms with van der Waals surface area (Å²) in [7, 11) is 0. The van der Waals surface area contributed by atoms with Crippen molar-refractivity contribution in [3.63, 3.8) is 0 Å². The number of esters is 2. The van der Waals surface area contributed by atoms with E-state index in [0.29, 0.717) is 34.9 Å². The van der Waals surface area contributed by atoms with Crippen molar-refractivity contribution >= 4 is 23.3 Å². The highest BCUT2D eigenvalue weighted by Gasteiger charge is 2.12. The van der Waals surface area contributed by atoms with Crippen LogP contribution in [0.1, 0.15) is 131 Å². The van der Waals surface area contributed by atoms with Gasteiger partial charge in [0.05, 0.1) is 16.9 Å². The van der Waals surface area contributed by atoms with Gasteiger partial charge in [-0.3, -0.25) is 4.79 Å². The summed E-state index contributed by atoms with van der Waals surface area (Å²) >= 11 is 0. The van der Waals surface area contributed by atoms with E-state index in [2.05, 4.69) is 29.3 Å². The summed E-state index contributed by atoms with van der Waals surface area (Å²) in [4.78, 5) is 24.9. The standard InChI is InChI=1S/C42H52N2O4/c1-2-3-4-5-6-7-8-9-10-11-12-13-14-15-16-21-41(45)47-39-30-26-37(27-31-39)43-44-38-28-32-40(33-29-38)48-42(46)36-24-22-35(23-25-36)34-19-17-18-20-34/h17-20,22-34H,2-16,21H2,1H3. The van der Waals surface area contributed by atoms with Crippen LogP contribution >= 0.6 is 0 Å². The summed E-state index contributed by atoms with van der Waals surface area (Å²) < 4.78 is 11.0. The minimum Gasteiger partial charge on any atom is -0.427 e. The maximum atomic E-state index is 12.6. The molecule has 6 heteroatoms. The van der Waals surface area contributed by atoms with Gasteiger partial charge >= 0.3 is 11.9 Å². The van der Waals surface area contributed by atoms with Gasteiger partial charge in [-0.1, -0.05) is 133 Å². The highest BCUT2D eigenvalue weighted by Crippen LogP contribution is 2.26. The molecule has 0 fully saturated rings. The molecule has 6 nitrogen and oxygen atoms in total. The minimum absolute atomic E-state index is 0.198. The van der Waals surface area contributed by atoms with Gasteiger partial charge in [-0.15, -0.1) is 0 Å². The zero-order valence-electron chi connectivity index (χ0n) is 28.7. The predicted octanol–water partition coefficient (Wildman–Crippen LogP) is 12.7. The molecule has 0 spiro atoms. The summed E-state index contributed by atoms with van der Waals surface area (Å²) in [6, 6.07) is 21.3. The van der Waals surface area contributed by atoms with Crippen LogP contribution in [0.5, 0.6) is 11.5 Å². The lowest BCUT2D eigenvalue weighted by atomic mass is 10.00. The topological polar surface area (TPSA) is 77.3 Å². The van der Waals surface area contributed by atoms with E-state index in [-0.39, 0.29) is 11.9 Å². The lowest BCUT2D eigenvalue weighted by molar-refractivity contribution is -0.134. The van der Waals surface area contributed by atoms with Gasteiger partial charge in [0.25, 0.3) is 0 Å². The molecule has 0 radical (unpaired) electrons. The molecule has 3 aromatic rings. The summed E-state index contributed by atoms with van der Waals surface area (Å²) in [6.07, 6.45) is 28.2. The number of azo groups is 1. The number of benzene rings is 3. The molecule has 254 valence electrons. The molecule has 1 aliphatic rings. The summed E-state index contributed by atoms with van der Waals surface area (Å²) in [5.41, 5.74) is 2.88.